The lowest BCUT2D eigenvalue weighted by Gasteiger charge is -2.34. The first-order valence-corrected chi connectivity index (χ1v) is 11.9. The van der Waals surface area contributed by atoms with Gasteiger partial charge in [-0.3, -0.25) is 0 Å². The van der Waals surface area contributed by atoms with Gasteiger partial charge in [-0.25, -0.2) is 4.99 Å². The highest BCUT2D eigenvalue weighted by Gasteiger charge is 2.33. The van der Waals surface area contributed by atoms with Gasteiger partial charge in [-0.15, -0.1) is 0 Å². The van der Waals surface area contributed by atoms with E-state index in [9.17, 15) is 0 Å². The maximum absolute atomic E-state index is 5.93. The molecule has 28 heavy (non-hydrogen) atoms. The monoisotopic (exact) mass is 410 g/mol. The van der Waals surface area contributed by atoms with Gasteiger partial charge in [0.1, 0.15) is 16.1 Å². The van der Waals surface area contributed by atoms with Crippen LogP contribution in [0.25, 0.3) is 11.1 Å². The number of benzene rings is 2. The van der Waals surface area contributed by atoms with Crippen molar-refractivity contribution in [1.29, 1.82) is 0 Å². The number of fused-ring (bicyclic) bond motifs is 3. The molecule has 2 aromatic carbocycles. The number of ether oxygens (including phenoxy) is 1. The van der Waals surface area contributed by atoms with Gasteiger partial charge in [0.15, 0.2) is 0 Å². The van der Waals surface area contributed by atoms with Crippen molar-refractivity contribution in [3.63, 3.8) is 0 Å². The van der Waals surface area contributed by atoms with Gasteiger partial charge in [0.25, 0.3) is 0 Å². The smallest absolute Gasteiger partial charge is 0.144 e. The van der Waals surface area contributed by atoms with Crippen LogP contribution < -0.4 is 14.7 Å². The van der Waals surface area contributed by atoms with Crippen LogP contribution in [0.15, 0.2) is 41.4 Å². The maximum Gasteiger partial charge on any atom is 0.144 e. The first-order valence-electron chi connectivity index (χ1n) is 9.70. The third kappa shape index (κ3) is 3.38. The lowest BCUT2D eigenvalue weighted by atomic mass is 9.88. The molecule has 1 N–H and O–H groups in total. The molecule has 0 bridgehead atoms. The van der Waals surface area contributed by atoms with Gasteiger partial charge in [0.05, 0.1) is 17.0 Å². The van der Waals surface area contributed by atoms with Gasteiger partial charge < -0.3 is 10.1 Å². The van der Waals surface area contributed by atoms with E-state index in [-0.39, 0.29) is 5.54 Å². The van der Waals surface area contributed by atoms with Crippen molar-refractivity contribution < 1.29 is 4.74 Å². The molecule has 3 aromatic rings. The van der Waals surface area contributed by atoms with Crippen LogP contribution in [0, 0.1) is 13.8 Å². The van der Waals surface area contributed by atoms with Crippen LogP contribution in [-0.2, 0) is 5.54 Å². The summed E-state index contributed by atoms with van der Waals surface area (Å²) in [6.07, 6.45) is 0.983. The molecule has 1 aliphatic rings. The van der Waals surface area contributed by atoms with Crippen molar-refractivity contribution in [2.24, 2.45) is 4.99 Å². The average molecular weight is 411 g/mol. The summed E-state index contributed by atoms with van der Waals surface area (Å²) < 4.78 is 6.99. The predicted molar refractivity (Wildman–Crippen MR) is 121 cm³/mol. The van der Waals surface area contributed by atoms with Crippen LogP contribution in [-0.4, -0.2) is 6.61 Å². The Labute approximate surface area is 174 Å². The molecule has 3 nitrogen and oxygen atoms in total. The number of nitrogens with zero attached hydrogens (tertiary/aromatic N) is 1. The Bertz CT molecular complexity index is 1090. The summed E-state index contributed by atoms with van der Waals surface area (Å²) in [7, 11) is 3.57. The molecule has 1 aliphatic heterocycles. The normalized spacial score (nSPS) is 15.0. The van der Waals surface area contributed by atoms with E-state index in [2.05, 4.69) is 52.1 Å². The van der Waals surface area contributed by atoms with Crippen LogP contribution in [0.3, 0.4) is 0 Å². The molecule has 1 aromatic heterocycles. The zero-order valence-electron chi connectivity index (χ0n) is 17.1. The van der Waals surface area contributed by atoms with Gasteiger partial charge in [0, 0.05) is 16.8 Å². The fraction of sp³-hybridized carbons (Fsp3) is 0.348. The lowest BCUT2D eigenvalue weighted by Crippen LogP contribution is -2.31. The Morgan fingerprint density at radius 3 is 2.61 bits per heavy atom. The Balaban J connectivity index is 1.93. The maximum atomic E-state index is 5.93. The molecule has 0 amide bonds. The summed E-state index contributed by atoms with van der Waals surface area (Å²) in [5.74, 6) is 0.852. The fourth-order valence-corrected chi connectivity index (χ4v) is 6.43. The summed E-state index contributed by atoms with van der Waals surface area (Å²) in [6.45, 7) is 11.7. The van der Waals surface area contributed by atoms with Crippen molar-refractivity contribution in [1.82, 2.24) is 0 Å². The molecular formula is C23H26N2OS2. The van der Waals surface area contributed by atoms with Gasteiger partial charge in [0.2, 0.25) is 0 Å². The molecule has 146 valence electrons. The Morgan fingerprint density at radius 1 is 1.07 bits per heavy atom. The molecule has 4 rings (SSSR count). The minimum Gasteiger partial charge on any atom is -0.491 e. The summed E-state index contributed by atoms with van der Waals surface area (Å²) in [5, 5.41) is 3.73. The number of hydrogen-bond acceptors (Lipinski definition) is 5. The highest BCUT2D eigenvalue weighted by molar-refractivity contribution is 7.68. The van der Waals surface area contributed by atoms with Gasteiger partial charge in [-0.1, -0.05) is 39.7 Å². The van der Waals surface area contributed by atoms with Gasteiger partial charge >= 0.3 is 0 Å². The molecular weight excluding hydrogens is 384 g/mol. The topological polar surface area (TPSA) is 33.6 Å². The van der Waals surface area contributed by atoms with Crippen molar-refractivity contribution in [3.8, 4) is 16.9 Å². The van der Waals surface area contributed by atoms with E-state index >= 15 is 0 Å². The molecule has 0 radical (unpaired) electrons. The highest BCUT2D eigenvalue weighted by Crippen LogP contribution is 2.46. The number of anilines is 1. The molecule has 0 atom stereocenters. The van der Waals surface area contributed by atoms with E-state index in [1.165, 1.54) is 32.8 Å². The van der Waals surface area contributed by atoms with Gasteiger partial charge in [-0.05, 0) is 69.5 Å². The minimum atomic E-state index is -0.114. The van der Waals surface area contributed by atoms with E-state index in [4.69, 9.17) is 9.73 Å². The first-order chi connectivity index (χ1) is 13.4. The minimum absolute atomic E-state index is 0.114. The number of hydrogen-bond donors (Lipinski definition) is 1. The zero-order valence-corrected chi connectivity index (χ0v) is 18.7. The van der Waals surface area contributed by atoms with Gasteiger partial charge in [-0.2, -0.15) is 0 Å². The number of nitrogens with one attached hydrogen (secondary N) is 1. The van der Waals surface area contributed by atoms with E-state index in [1.807, 2.05) is 34.6 Å². The summed E-state index contributed by atoms with van der Waals surface area (Å²) in [6, 6.07) is 12.6. The SMILES string of the molecule is CCCOc1ccccc1N=c1ssc2c1-c1cc(C)c(C)cc1NC2(C)C. The Hall–Kier alpha value is -2.11. The zero-order chi connectivity index (χ0) is 19.9. The molecule has 0 unspecified atom stereocenters. The number of para-hydroxylation sites is 2. The van der Waals surface area contributed by atoms with E-state index in [0.29, 0.717) is 6.61 Å². The summed E-state index contributed by atoms with van der Waals surface area (Å²) in [4.78, 5) is 6.41. The highest BCUT2D eigenvalue weighted by atomic mass is 32.9. The molecule has 0 spiro atoms. The first kappa shape index (κ1) is 19.2. The van der Waals surface area contributed by atoms with E-state index in [1.54, 1.807) is 10.3 Å². The van der Waals surface area contributed by atoms with Crippen LogP contribution in [0.4, 0.5) is 11.4 Å². The van der Waals surface area contributed by atoms with Crippen LogP contribution in [0.5, 0.6) is 5.75 Å². The second-order valence-corrected chi connectivity index (χ2v) is 9.96. The average Bonchev–Trinajstić information content (AvgIpc) is 3.08. The molecule has 0 saturated heterocycles. The largest absolute Gasteiger partial charge is 0.491 e. The van der Waals surface area contributed by atoms with Crippen molar-refractivity contribution >= 4 is 32.1 Å². The fourth-order valence-electron chi connectivity index (χ4n) is 3.50. The van der Waals surface area contributed by atoms with Crippen LogP contribution in [0.1, 0.15) is 43.2 Å². The quantitative estimate of drug-likeness (QED) is 0.481. The predicted octanol–water partition coefficient (Wildman–Crippen LogP) is 6.78. The third-order valence-corrected chi connectivity index (χ3v) is 7.75. The second-order valence-electron chi connectivity index (χ2n) is 7.84. The third-order valence-electron chi connectivity index (χ3n) is 5.11. The molecule has 0 aliphatic carbocycles. The van der Waals surface area contributed by atoms with Crippen molar-refractivity contribution in [2.45, 2.75) is 46.6 Å². The van der Waals surface area contributed by atoms with Crippen molar-refractivity contribution in [2.75, 3.05) is 11.9 Å². The van der Waals surface area contributed by atoms with Crippen LogP contribution >= 0.6 is 20.7 Å². The number of aryl methyl sites for hydroxylation is 2. The lowest BCUT2D eigenvalue weighted by molar-refractivity contribution is 0.318. The molecule has 0 saturated carbocycles. The molecule has 2 heterocycles. The Morgan fingerprint density at radius 2 is 1.82 bits per heavy atom. The van der Waals surface area contributed by atoms with Crippen molar-refractivity contribution in [3.05, 3.63) is 57.1 Å². The second kappa shape index (κ2) is 7.37. The standard InChI is InChI=1S/C23H26N2OS2/c1-6-11-26-19-10-8-7-9-17(19)24-22-20-16-12-14(2)15(3)13-18(16)25-23(4,5)21(20)27-28-22/h7-10,12-13,25H,6,11H2,1-5H3. The van der Waals surface area contributed by atoms with Crippen LogP contribution in [0.2, 0.25) is 0 Å². The Kier molecular flexibility index (Phi) is 5.06. The van der Waals surface area contributed by atoms with E-state index in [0.717, 1.165) is 22.5 Å². The summed E-state index contributed by atoms with van der Waals surface area (Å²) >= 11 is 0. The summed E-state index contributed by atoms with van der Waals surface area (Å²) in [5.41, 5.74) is 7.11. The molecule has 5 heteroatoms. The number of rotatable bonds is 4. The molecule has 0 fully saturated rings. The van der Waals surface area contributed by atoms with E-state index < -0.39 is 0 Å².